The molecule has 1 aliphatic rings. The summed E-state index contributed by atoms with van der Waals surface area (Å²) < 4.78 is 0. The van der Waals surface area contributed by atoms with Crippen LogP contribution in [-0.4, -0.2) is 33.1 Å². The number of benzene rings is 2. The van der Waals surface area contributed by atoms with Crippen molar-refractivity contribution >= 4 is 0 Å². The average molecular weight is 374 g/mol. The molecule has 144 valence electrons. The van der Waals surface area contributed by atoms with E-state index < -0.39 is 0 Å². The number of phenolic OH excluding ortho intramolecular Hbond substituents is 1. The second-order valence-electron chi connectivity index (χ2n) is 7.58. The van der Waals surface area contributed by atoms with Gasteiger partial charge in [0.25, 0.3) is 0 Å². The molecule has 0 radical (unpaired) electrons. The van der Waals surface area contributed by atoms with E-state index in [1.54, 1.807) is 12.1 Å². The maximum Gasteiger partial charge on any atom is 0.129 e. The molecule has 0 bridgehead atoms. The van der Waals surface area contributed by atoms with E-state index in [0.29, 0.717) is 0 Å². The Morgan fingerprint density at radius 3 is 2.36 bits per heavy atom. The largest absolute Gasteiger partial charge is 0.508 e. The van der Waals surface area contributed by atoms with Crippen LogP contribution < -0.4 is 0 Å². The van der Waals surface area contributed by atoms with Crippen LogP contribution >= 0.6 is 0 Å². The van der Waals surface area contributed by atoms with E-state index in [1.807, 2.05) is 12.1 Å². The van der Waals surface area contributed by atoms with Gasteiger partial charge in [-0.15, -0.1) is 0 Å². The molecule has 0 saturated heterocycles. The standard InChI is InChI=1S/C24H27N3O/c1-3-23-25-22-13-15-27(16-18-6-4-17(2)5-7-18)14-12-21(22)24(26-23)19-8-10-20(28)11-9-19/h4-11,28H,3,12-16H2,1-2H3. The van der Waals surface area contributed by atoms with E-state index in [4.69, 9.17) is 9.97 Å². The second-order valence-corrected chi connectivity index (χ2v) is 7.58. The van der Waals surface area contributed by atoms with Crippen molar-refractivity contribution in [2.24, 2.45) is 0 Å². The van der Waals surface area contributed by atoms with Crippen molar-refractivity contribution in [1.82, 2.24) is 14.9 Å². The van der Waals surface area contributed by atoms with Crippen LogP contribution in [0.5, 0.6) is 5.75 Å². The van der Waals surface area contributed by atoms with Gasteiger partial charge >= 0.3 is 0 Å². The molecule has 2 aromatic carbocycles. The van der Waals surface area contributed by atoms with Crippen molar-refractivity contribution in [2.75, 3.05) is 13.1 Å². The molecule has 1 aliphatic heterocycles. The molecule has 0 spiro atoms. The van der Waals surface area contributed by atoms with Gasteiger partial charge in [-0.1, -0.05) is 36.8 Å². The van der Waals surface area contributed by atoms with Gasteiger partial charge < -0.3 is 5.11 Å². The fourth-order valence-corrected chi connectivity index (χ4v) is 3.82. The number of aryl methyl sites for hydroxylation is 2. The first kappa shape index (κ1) is 18.6. The van der Waals surface area contributed by atoms with Crippen LogP contribution in [-0.2, 0) is 25.8 Å². The third-order valence-corrected chi connectivity index (χ3v) is 5.47. The molecule has 0 amide bonds. The zero-order valence-corrected chi connectivity index (χ0v) is 16.7. The average Bonchev–Trinajstić information content (AvgIpc) is 2.92. The molecular formula is C24H27N3O. The van der Waals surface area contributed by atoms with Gasteiger partial charge in [0.15, 0.2) is 0 Å². The van der Waals surface area contributed by atoms with Crippen LogP contribution in [0, 0.1) is 6.92 Å². The Bertz CT molecular complexity index is 949. The van der Waals surface area contributed by atoms with Crippen molar-refractivity contribution in [3.05, 3.63) is 76.7 Å². The van der Waals surface area contributed by atoms with Gasteiger partial charge in [0.2, 0.25) is 0 Å². The molecule has 3 aromatic rings. The highest BCUT2D eigenvalue weighted by molar-refractivity contribution is 5.65. The van der Waals surface area contributed by atoms with Crippen LogP contribution in [0.15, 0.2) is 48.5 Å². The van der Waals surface area contributed by atoms with Crippen molar-refractivity contribution in [2.45, 2.75) is 39.7 Å². The number of aromatic hydroxyl groups is 1. The summed E-state index contributed by atoms with van der Waals surface area (Å²) in [5.41, 5.74) is 7.18. The maximum absolute atomic E-state index is 9.64. The highest BCUT2D eigenvalue weighted by atomic mass is 16.3. The highest BCUT2D eigenvalue weighted by Crippen LogP contribution is 2.28. The Hall–Kier alpha value is -2.72. The summed E-state index contributed by atoms with van der Waals surface area (Å²) in [5.74, 6) is 1.18. The molecule has 0 aliphatic carbocycles. The molecular weight excluding hydrogens is 346 g/mol. The summed E-state index contributed by atoms with van der Waals surface area (Å²) in [6.45, 7) is 7.21. The summed E-state index contributed by atoms with van der Waals surface area (Å²) in [4.78, 5) is 12.2. The number of rotatable bonds is 4. The molecule has 0 saturated carbocycles. The lowest BCUT2D eigenvalue weighted by Gasteiger charge is -2.19. The van der Waals surface area contributed by atoms with Crippen LogP contribution in [0.25, 0.3) is 11.3 Å². The van der Waals surface area contributed by atoms with Gasteiger partial charge in [0, 0.05) is 49.3 Å². The SMILES string of the molecule is CCc1nc2c(c(-c3ccc(O)cc3)n1)CCN(Cc1ccc(C)cc1)CC2. The van der Waals surface area contributed by atoms with Crippen molar-refractivity contribution < 1.29 is 5.11 Å². The van der Waals surface area contributed by atoms with Gasteiger partial charge in [-0.2, -0.15) is 0 Å². The zero-order chi connectivity index (χ0) is 19.5. The molecule has 2 heterocycles. The lowest BCUT2D eigenvalue weighted by Crippen LogP contribution is -2.25. The normalized spacial score (nSPS) is 14.5. The van der Waals surface area contributed by atoms with Crippen molar-refractivity contribution in [3.63, 3.8) is 0 Å². The molecule has 0 unspecified atom stereocenters. The minimum atomic E-state index is 0.281. The Labute approximate surface area is 166 Å². The summed E-state index contributed by atoms with van der Waals surface area (Å²) in [6.07, 6.45) is 2.72. The van der Waals surface area contributed by atoms with E-state index in [0.717, 1.165) is 56.0 Å². The third-order valence-electron chi connectivity index (χ3n) is 5.47. The third kappa shape index (κ3) is 4.07. The first-order chi connectivity index (χ1) is 13.6. The predicted octanol–water partition coefficient (Wildman–Crippen LogP) is 4.32. The molecule has 0 fully saturated rings. The molecule has 1 N–H and O–H groups in total. The van der Waals surface area contributed by atoms with Crippen LogP contribution in [0.4, 0.5) is 0 Å². The van der Waals surface area contributed by atoms with Crippen LogP contribution in [0.2, 0.25) is 0 Å². The second kappa shape index (κ2) is 8.11. The topological polar surface area (TPSA) is 49.3 Å². The van der Waals surface area contributed by atoms with Crippen molar-refractivity contribution in [3.8, 4) is 17.0 Å². The van der Waals surface area contributed by atoms with E-state index >= 15 is 0 Å². The van der Waals surface area contributed by atoms with E-state index in [9.17, 15) is 5.11 Å². The number of hydrogen-bond acceptors (Lipinski definition) is 4. The zero-order valence-electron chi connectivity index (χ0n) is 16.7. The molecule has 0 atom stereocenters. The quantitative estimate of drug-likeness (QED) is 0.740. The number of fused-ring (bicyclic) bond motifs is 1. The number of phenols is 1. The summed E-state index contributed by atoms with van der Waals surface area (Å²) in [5, 5.41) is 9.64. The maximum atomic E-state index is 9.64. The summed E-state index contributed by atoms with van der Waals surface area (Å²) >= 11 is 0. The minimum absolute atomic E-state index is 0.281. The Balaban J connectivity index is 1.61. The number of hydrogen-bond donors (Lipinski definition) is 1. The van der Waals surface area contributed by atoms with Gasteiger partial charge in [-0.3, -0.25) is 4.90 Å². The lowest BCUT2D eigenvalue weighted by molar-refractivity contribution is 0.279. The highest BCUT2D eigenvalue weighted by Gasteiger charge is 2.21. The summed E-state index contributed by atoms with van der Waals surface area (Å²) in [6, 6.07) is 16.2. The first-order valence-electron chi connectivity index (χ1n) is 10.1. The number of nitrogens with zero attached hydrogens (tertiary/aromatic N) is 3. The molecule has 4 heteroatoms. The fraction of sp³-hybridized carbons (Fsp3) is 0.333. The van der Waals surface area contributed by atoms with Gasteiger partial charge in [-0.05, 0) is 43.2 Å². The molecule has 4 nitrogen and oxygen atoms in total. The Kier molecular flexibility index (Phi) is 5.40. The van der Waals surface area contributed by atoms with Gasteiger partial charge in [-0.25, -0.2) is 9.97 Å². The summed E-state index contributed by atoms with van der Waals surface area (Å²) in [7, 11) is 0. The van der Waals surface area contributed by atoms with E-state index in [2.05, 4.69) is 43.0 Å². The molecule has 28 heavy (non-hydrogen) atoms. The van der Waals surface area contributed by atoms with E-state index in [-0.39, 0.29) is 5.75 Å². The van der Waals surface area contributed by atoms with Gasteiger partial charge in [0.05, 0.1) is 5.69 Å². The lowest BCUT2D eigenvalue weighted by atomic mass is 10.0. The number of aromatic nitrogens is 2. The predicted molar refractivity (Wildman–Crippen MR) is 112 cm³/mol. The van der Waals surface area contributed by atoms with Crippen molar-refractivity contribution in [1.29, 1.82) is 0 Å². The van der Waals surface area contributed by atoms with E-state index in [1.165, 1.54) is 22.4 Å². The Morgan fingerprint density at radius 1 is 0.929 bits per heavy atom. The van der Waals surface area contributed by atoms with Gasteiger partial charge in [0.1, 0.15) is 11.6 Å². The van der Waals surface area contributed by atoms with Crippen LogP contribution in [0.1, 0.15) is 35.1 Å². The molecule has 4 rings (SSSR count). The minimum Gasteiger partial charge on any atom is -0.508 e. The Morgan fingerprint density at radius 2 is 1.64 bits per heavy atom. The van der Waals surface area contributed by atoms with Crippen LogP contribution in [0.3, 0.4) is 0 Å². The monoisotopic (exact) mass is 373 g/mol. The first-order valence-corrected chi connectivity index (χ1v) is 10.1. The molecule has 1 aromatic heterocycles. The smallest absolute Gasteiger partial charge is 0.129 e. The fourth-order valence-electron chi connectivity index (χ4n) is 3.82.